The number of Topliss-reactive ketones (excluding diaryl/α,β-unsaturated/α-hetero) is 1. The number of carbonyl (C=O) groups excluding carboxylic acids is 1. The Hall–Kier alpha value is -0.410. The minimum absolute atomic E-state index is 0.140. The van der Waals surface area contributed by atoms with E-state index in [1.54, 1.807) is 0 Å². The van der Waals surface area contributed by atoms with Gasteiger partial charge in [0.25, 0.3) is 0 Å². The van der Waals surface area contributed by atoms with Crippen LogP contribution < -0.4 is 0 Å². The van der Waals surface area contributed by atoms with E-state index in [9.17, 15) is 4.79 Å². The van der Waals surface area contributed by atoms with E-state index in [1.807, 2.05) is 35.7 Å². The third-order valence-corrected chi connectivity index (χ3v) is 6.16. The third kappa shape index (κ3) is 3.08. The van der Waals surface area contributed by atoms with Gasteiger partial charge in [-0.05, 0) is 18.1 Å². The largest absolute Gasteiger partial charge is 0.293 e. The molecule has 1 saturated heterocycles. The molecule has 1 nitrogen and oxygen atoms in total. The molecule has 1 aromatic rings. The quantitative estimate of drug-likeness (QED) is 0.777. The zero-order valence-corrected chi connectivity index (χ0v) is 11.9. The van der Waals surface area contributed by atoms with Crippen molar-refractivity contribution in [3.05, 3.63) is 35.4 Å². The summed E-state index contributed by atoms with van der Waals surface area (Å²) in [6.45, 7) is 4.29. The molecule has 17 heavy (non-hydrogen) atoms. The topological polar surface area (TPSA) is 17.1 Å². The van der Waals surface area contributed by atoms with Crippen LogP contribution in [0.2, 0.25) is 0 Å². The van der Waals surface area contributed by atoms with Gasteiger partial charge >= 0.3 is 0 Å². The first-order valence-corrected chi connectivity index (χ1v) is 8.18. The van der Waals surface area contributed by atoms with Crippen molar-refractivity contribution in [3.8, 4) is 0 Å². The number of benzene rings is 1. The standard InChI is InChI=1S/C14H18OS2/c1-3-11-5-4-6-12(9-11)13(15)14-10(2)16-7-8-17-14/h4-6,9-10,14H,3,7-8H2,1-2H3. The fourth-order valence-electron chi connectivity index (χ4n) is 2.03. The minimum atomic E-state index is 0.140. The fraction of sp³-hybridized carbons (Fsp3) is 0.500. The van der Waals surface area contributed by atoms with E-state index in [4.69, 9.17) is 0 Å². The lowest BCUT2D eigenvalue weighted by Crippen LogP contribution is -2.31. The molecule has 2 rings (SSSR count). The van der Waals surface area contributed by atoms with Gasteiger partial charge in [0.1, 0.15) is 0 Å². The summed E-state index contributed by atoms with van der Waals surface area (Å²) in [4.78, 5) is 12.4. The zero-order valence-electron chi connectivity index (χ0n) is 10.3. The van der Waals surface area contributed by atoms with Crippen LogP contribution in [0.3, 0.4) is 0 Å². The van der Waals surface area contributed by atoms with Gasteiger partial charge in [-0.15, -0.1) is 11.8 Å². The van der Waals surface area contributed by atoms with Crippen LogP contribution in [0.25, 0.3) is 0 Å². The van der Waals surface area contributed by atoms with Crippen LogP contribution in [0.1, 0.15) is 29.8 Å². The lowest BCUT2D eigenvalue weighted by atomic mass is 10.0. The molecule has 92 valence electrons. The summed E-state index contributed by atoms with van der Waals surface area (Å²) in [6, 6.07) is 8.09. The van der Waals surface area contributed by atoms with Crippen molar-refractivity contribution in [1.29, 1.82) is 0 Å². The van der Waals surface area contributed by atoms with Crippen LogP contribution in [0.5, 0.6) is 0 Å². The summed E-state index contributed by atoms with van der Waals surface area (Å²) in [5.74, 6) is 2.58. The highest BCUT2D eigenvalue weighted by atomic mass is 32.2. The van der Waals surface area contributed by atoms with Gasteiger partial charge in [-0.3, -0.25) is 4.79 Å². The van der Waals surface area contributed by atoms with Gasteiger partial charge < -0.3 is 0 Å². The smallest absolute Gasteiger partial charge is 0.176 e. The van der Waals surface area contributed by atoms with E-state index < -0.39 is 0 Å². The monoisotopic (exact) mass is 266 g/mol. The Morgan fingerprint density at radius 3 is 2.82 bits per heavy atom. The van der Waals surface area contributed by atoms with Gasteiger partial charge in [0.15, 0.2) is 5.78 Å². The molecule has 0 aromatic heterocycles. The maximum Gasteiger partial charge on any atom is 0.176 e. The molecular weight excluding hydrogens is 248 g/mol. The molecule has 0 radical (unpaired) electrons. The second-order valence-corrected chi connectivity index (χ2v) is 7.02. The van der Waals surface area contributed by atoms with Crippen LogP contribution >= 0.6 is 23.5 Å². The normalized spacial score (nSPS) is 24.6. The molecule has 1 aliphatic rings. The molecule has 0 amide bonds. The number of ketones is 1. The highest BCUT2D eigenvalue weighted by Gasteiger charge is 2.29. The highest BCUT2D eigenvalue weighted by Crippen LogP contribution is 2.33. The molecule has 2 atom stereocenters. The third-order valence-electron chi connectivity index (χ3n) is 3.07. The van der Waals surface area contributed by atoms with Crippen molar-refractivity contribution in [2.75, 3.05) is 11.5 Å². The molecule has 1 aliphatic heterocycles. The van der Waals surface area contributed by atoms with Gasteiger partial charge in [0.2, 0.25) is 0 Å². The second kappa shape index (κ2) is 5.96. The molecule has 2 unspecified atom stereocenters. The zero-order chi connectivity index (χ0) is 12.3. The first kappa shape index (κ1) is 13.0. The van der Waals surface area contributed by atoms with Crippen molar-refractivity contribution >= 4 is 29.3 Å². The Morgan fingerprint density at radius 2 is 2.12 bits per heavy atom. The molecular formula is C14H18OS2. The van der Waals surface area contributed by atoms with Gasteiger partial charge in [0, 0.05) is 22.3 Å². The van der Waals surface area contributed by atoms with Crippen molar-refractivity contribution in [1.82, 2.24) is 0 Å². The summed E-state index contributed by atoms with van der Waals surface area (Å²) in [6.07, 6.45) is 0.989. The summed E-state index contributed by atoms with van der Waals surface area (Å²) in [5.41, 5.74) is 2.13. The maximum absolute atomic E-state index is 12.4. The molecule has 0 bridgehead atoms. The number of rotatable bonds is 3. The van der Waals surface area contributed by atoms with Crippen molar-refractivity contribution in [3.63, 3.8) is 0 Å². The molecule has 0 aliphatic carbocycles. The first-order chi connectivity index (χ1) is 8.22. The summed E-state index contributed by atoms with van der Waals surface area (Å²) < 4.78 is 0. The molecule has 1 heterocycles. The second-order valence-electron chi connectivity index (χ2n) is 4.29. The molecule has 1 fully saturated rings. The Labute approximate surface area is 112 Å². The average Bonchev–Trinajstić information content (AvgIpc) is 2.38. The fourth-order valence-corrected chi connectivity index (χ4v) is 4.75. The Kier molecular flexibility index (Phi) is 4.57. The van der Waals surface area contributed by atoms with Gasteiger partial charge in [-0.1, -0.05) is 32.0 Å². The van der Waals surface area contributed by atoms with Crippen molar-refractivity contribution < 1.29 is 4.79 Å². The number of hydrogen-bond acceptors (Lipinski definition) is 3. The summed E-state index contributed by atoms with van der Waals surface area (Å²) >= 11 is 3.73. The lowest BCUT2D eigenvalue weighted by molar-refractivity contribution is 0.0989. The van der Waals surface area contributed by atoms with Crippen LogP contribution in [0.4, 0.5) is 0 Å². The van der Waals surface area contributed by atoms with Gasteiger partial charge in [-0.2, -0.15) is 11.8 Å². The summed E-state index contributed by atoms with van der Waals surface area (Å²) in [5, 5.41) is 0.576. The first-order valence-electron chi connectivity index (χ1n) is 6.08. The highest BCUT2D eigenvalue weighted by molar-refractivity contribution is 8.07. The van der Waals surface area contributed by atoms with E-state index >= 15 is 0 Å². The Balaban J connectivity index is 2.17. The predicted molar refractivity (Wildman–Crippen MR) is 78.3 cm³/mol. The van der Waals surface area contributed by atoms with Crippen molar-refractivity contribution in [2.24, 2.45) is 0 Å². The van der Waals surface area contributed by atoms with Crippen molar-refractivity contribution in [2.45, 2.75) is 30.8 Å². The van der Waals surface area contributed by atoms with E-state index in [2.05, 4.69) is 26.0 Å². The number of aryl methyl sites for hydroxylation is 1. The molecule has 0 saturated carbocycles. The SMILES string of the molecule is CCc1cccc(C(=O)C2SCCSC2C)c1. The van der Waals surface area contributed by atoms with Crippen LogP contribution in [-0.2, 0) is 6.42 Å². The molecule has 1 aromatic carbocycles. The van der Waals surface area contributed by atoms with E-state index in [-0.39, 0.29) is 5.25 Å². The molecule has 0 N–H and O–H groups in total. The van der Waals surface area contributed by atoms with Crippen LogP contribution in [-0.4, -0.2) is 27.8 Å². The van der Waals surface area contributed by atoms with Gasteiger partial charge in [0.05, 0.1) is 5.25 Å². The minimum Gasteiger partial charge on any atom is -0.293 e. The van der Waals surface area contributed by atoms with Crippen LogP contribution in [0.15, 0.2) is 24.3 Å². The van der Waals surface area contributed by atoms with Crippen LogP contribution in [0, 0.1) is 0 Å². The number of carbonyl (C=O) groups is 1. The van der Waals surface area contributed by atoms with E-state index in [1.165, 1.54) is 11.3 Å². The Bertz CT molecular complexity index is 403. The number of thioether (sulfide) groups is 2. The maximum atomic E-state index is 12.4. The van der Waals surface area contributed by atoms with E-state index in [0.29, 0.717) is 11.0 Å². The lowest BCUT2D eigenvalue weighted by Gasteiger charge is -2.26. The Morgan fingerprint density at radius 1 is 1.35 bits per heavy atom. The molecule has 3 heteroatoms. The predicted octanol–water partition coefficient (Wildman–Crippen LogP) is 3.67. The number of hydrogen-bond donors (Lipinski definition) is 0. The van der Waals surface area contributed by atoms with Gasteiger partial charge in [-0.25, -0.2) is 0 Å². The van der Waals surface area contributed by atoms with E-state index in [0.717, 1.165) is 17.7 Å². The average molecular weight is 266 g/mol. The molecule has 0 spiro atoms. The summed E-state index contributed by atoms with van der Waals surface area (Å²) in [7, 11) is 0.